The van der Waals surface area contributed by atoms with Crippen LogP contribution in [-0.4, -0.2) is 139 Å². The van der Waals surface area contributed by atoms with Crippen molar-refractivity contribution in [3.05, 3.63) is 52.1 Å². The Morgan fingerprint density at radius 1 is 0.729 bits per heavy atom. The van der Waals surface area contributed by atoms with Crippen molar-refractivity contribution in [2.75, 3.05) is 0 Å². The van der Waals surface area contributed by atoms with Gasteiger partial charge in [0.25, 0.3) is 0 Å². The molecule has 0 spiro atoms. The molecule has 0 amide bonds. The molecule has 0 bridgehead atoms. The summed E-state index contributed by atoms with van der Waals surface area (Å²) >= 11 is 0. The Balaban J connectivity index is 1.03. The van der Waals surface area contributed by atoms with E-state index >= 15 is 0 Å². The van der Waals surface area contributed by atoms with E-state index in [-0.39, 0.29) is 59.8 Å². The lowest BCUT2D eigenvalue weighted by atomic mass is 9.57. The lowest BCUT2D eigenvalue weighted by Crippen LogP contribution is -2.71. The fraction of sp³-hybridized carbons (Fsp3) is 0.698. The van der Waals surface area contributed by atoms with Crippen molar-refractivity contribution >= 4 is 17.3 Å². The summed E-state index contributed by atoms with van der Waals surface area (Å²) in [5.41, 5.74) is -7.45. The van der Waals surface area contributed by atoms with Crippen LogP contribution in [0, 0.1) is 0 Å². The van der Waals surface area contributed by atoms with Crippen LogP contribution in [0.1, 0.15) is 125 Å². The van der Waals surface area contributed by atoms with Crippen LogP contribution >= 0.6 is 0 Å². The van der Waals surface area contributed by atoms with Crippen molar-refractivity contribution in [3.63, 3.8) is 0 Å². The Hall–Kier alpha value is -2.97. The second-order valence-electron chi connectivity index (χ2n) is 17.8. The van der Waals surface area contributed by atoms with Crippen molar-refractivity contribution < 1.29 is 78.2 Å². The maximum Gasteiger partial charge on any atom is 0.198 e. The number of carbonyl (C=O) groups is 3. The predicted octanol–water partition coefficient (Wildman–Crippen LogP) is 2.52. The lowest BCUT2D eigenvalue weighted by molar-refractivity contribution is -0.299. The molecule has 6 N–H and O–H groups in total. The number of aliphatic hydroxyl groups excluding tert-OH is 3. The third-order valence-electron chi connectivity index (χ3n) is 13.3. The summed E-state index contributed by atoms with van der Waals surface area (Å²) in [5.74, 6) is -2.98. The van der Waals surface area contributed by atoms with Gasteiger partial charge in [-0.15, -0.1) is 0 Å². The van der Waals surface area contributed by atoms with E-state index in [0.717, 1.165) is 0 Å². The van der Waals surface area contributed by atoms with Crippen LogP contribution in [0.3, 0.4) is 0 Å². The zero-order valence-corrected chi connectivity index (χ0v) is 33.9. The van der Waals surface area contributed by atoms with Crippen molar-refractivity contribution in [1.29, 1.82) is 0 Å². The first-order chi connectivity index (χ1) is 27.8. The highest BCUT2D eigenvalue weighted by atomic mass is 16.7. The Morgan fingerprint density at radius 2 is 1.34 bits per heavy atom. The fourth-order valence-electron chi connectivity index (χ4n) is 10.0. The van der Waals surface area contributed by atoms with Crippen LogP contribution in [-0.2, 0) is 38.0 Å². The first kappa shape index (κ1) is 42.7. The molecule has 3 aliphatic carbocycles. The number of phenolic OH excluding ortho intramolecular Hbond substituents is 1. The van der Waals surface area contributed by atoms with Crippen LogP contribution in [0.25, 0.3) is 0 Å². The van der Waals surface area contributed by atoms with Crippen molar-refractivity contribution in [3.8, 4) is 5.75 Å². The standard InChI is InChI=1S/C43H56O16/c1-19-26(44)8-11-32(54-19)57-28-10-13-33(56-21(28)3)58-30-16-29(53-22(4)37(30)47)23-6-7-24-35(38(23)48)39(49)25-14-15-42(52)18-41(5,51)17-31(46)43(42,36(25)40(24)50)59-34-12-9-27(45)20(2)55-34/h6-7,14-15,19-22,26-30,32-34,37,44-45,47-48,51-52H,8-13,16-18H2,1-5H3. The minimum Gasteiger partial charge on any atom is -0.507 e. The molecule has 8 rings (SSSR count). The fourth-order valence-corrected chi connectivity index (χ4v) is 10.0. The van der Waals surface area contributed by atoms with Gasteiger partial charge in [-0.1, -0.05) is 12.1 Å². The van der Waals surface area contributed by atoms with Gasteiger partial charge >= 0.3 is 0 Å². The van der Waals surface area contributed by atoms with Gasteiger partial charge in [-0.2, -0.15) is 0 Å². The number of benzene rings is 1. The number of ketones is 3. The Kier molecular flexibility index (Phi) is 11.4. The average Bonchev–Trinajstić information content (AvgIpc) is 3.16. The molecule has 16 heteroatoms. The third kappa shape index (κ3) is 7.46. The summed E-state index contributed by atoms with van der Waals surface area (Å²) in [5, 5.41) is 66.6. The molecule has 0 radical (unpaired) electrons. The van der Waals surface area contributed by atoms with Gasteiger partial charge in [0.05, 0.1) is 71.7 Å². The maximum atomic E-state index is 14.7. The first-order valence-electron chi connectivity index (χ1n) is 20.8. The number of hydrogen-bond acceptors (Lipinski definition) is 16. The summed E-state index contributed by atoms with van der Waals surface area (Å²) in [6.45, 7) is 8.35. The van der Waals surface area contributed by atoms with Gasteiger partial charge in [-0.05, 0) is 66.0 Å². The molecule has 4 aliphatic heterocycles. The van der Waals surface area contributed by atoms with Gasteiger partial charge in [0.15, 0.2) is 41.8 Å². The lowest BCUT2D eigenvalue weighted by Gasteiger charge is -2.55. The van der Waals surface area contributed by atoms with Gasteiger partial charge in [0, 0.05) is 55.2 Å². The second kappa shape index (κ2) is 15.7. The highest BCUT2D eigenvalue weighted by Gasteiger charge is 2.69. The predicted molar refractivity (Wildman–Crippen MR) is 203 cm³/mol. The molecule has 1 aromatic carbocycles. The van der Waals surface area contributed by atoms with E-state index in [1.807, 2.05) is 13.8 Å². The molecule has 7 aliphatic rings. The number of Topliss-reactive ketones (excluding diaryl/α,β-unsaturated/α-hetero) is 3. The summed E-state index contributed by atoms with van der Waals surface area (Å²) in [4.78, 5) is 43.5. The highest BCUT2D eigenvalue weighted by Crippen LogP contribution is 2.55. The van der Waals surface area contributed by atoms with E-state index in [0.29, 0.717) is 25.7 Å². The van der Waals surface area contributed by atoms with E-state index < -0.39 is 120 Å². The molecule has 324 valence electrons. The molecule has 16 nitrogen and oxygen atoms in total. The van der Waals surface area contributed by atoms with Gasteiger partial charge in [-0.3, -0.25) is 14.4 Å². The molecule has 1 aromatic rings. The molecular weight excluding hydrogens is 772 g/mol. The Bertz CT molecular complexity index is 1910. The smallest absolute Gasteiger partial charge is 0.198 e. The molecule has 0 aromatic heterocycles. The Morgan fingerprint density at radius 3 is 2.00 bits per heavy atom. The second-order valence-corrected chi connectivity index (χ2v) is 17.8. The van der Waals surface area contributed by atoms with E-state index in [1.54, 1.807) is 13.8 Å². The molecule has 16 atom stereocenters. The number of carbonyl (C=O) groups excluding carboxylic acids is 3. The zero-order valence-electron chi connectivity index (χ0n) is 33.9. The Labute approximate surface area is 342 Å². The number of aromatic hydroxyl groups is 1. The van der Waals surface area contributed by atoms with Gasteiger partial charge in [-0.25, -0.2) is 0 Å². The van der Waals surface area contributed by atoms with E-state index in [1.165, 1.54) is 31.2 Å². The molecule has 59 heavy (non-hydrogen) atoms. The summed E-state index contributed by atoms with van der Waals surface area (Å²) in [7, 11) is 0. The first-order valence-corrected chi connectivity index (χ1v) is 20.8. The number of ether oxygens (including phenoxy) is 7. The minimum absolute atomic E-state index is 0.0606. The number of fused-ring (bicyclic) bond motifs is 3. The van der Waals surface area contributed by atoms with Gasteiger partial charge < -0.3 is 63.8 Å². The van der Waals surface area contributed by atoms with Crippen LogP contribution < -0.4 is 0 Å². The highest BCUT2D eigenvalue weighted by molar-refractivity contribution is 6.32. The SMILES string of the molecule is CC1OC(OC2CCC(OC3CC(c4ccc5c(c4O)C(=O)C4=C(C5=O)C5(OC6CCC(O)C(C)O6)C(=O)CC(C)(O)CC5(O)C=C4)OC(C)C3O)OC2C)CCC1O. The zero-order chi connectivity index (χ0) is 42.3. The van der Waals surface area contributed by atoms with Crippen molar-refractivity contribution in [1.82, 2.24) is 0 Å². The van der Waals surface area contributed by atoms with E-state index in [9.17, 15) is 45.0 Å². The molecular formula is C43H56O16. The minimum atomic E-state index is -2.45. The average molecular weight is 829 g/mol. The number of allylic oxidation sites excluding steroid dienone is 2. The van der Waals surface area contributed by atoms with E-state index in [4.69, 9.17) is 33.2 Å². The number of hydrogen-bond donors (Lipinski definition) is 6. The van der Waals surface area contributed by atoms with Gasteiger partial charge in [0.1, 0.15) is 17.5 Å². The summed E-state index contributed by atoms with van der Waals surface area (Å²) < 4.78 is 42.9. The summed E-state index contributed by atoms with van der Waals surface area (Å²) in [6, 6.07) is 2.81. The molecule has 1 saturated carbocycles. The van der Waals surface area contributed by atoms with Gasteiger partial charge in [0.2, 0.25) is 0 Å². The normalized spacial score (nSPS) is 45.2. The summed E-state index contributed by atoms with van der Waals surface area (Å²) in [6.07, 6.45) is -4.70. The third-order valence-corrected chi connectivity index (χ3v) is 13.3. The molecule has 5 fully saturated rings. The molecule has 16 unspecified atom stereocenters. The van der Waals surface area contributed by atoms with Crippen molar-refractivity contribution in [2.45, 2.75) is 189 Å². The monoisotopic (exact) mass is 828 g/mol. The topological polar surface area (TPSA) is 237 Å². The maximum absolute atomic E-state index is 14.7. The van der Waals surface area contributed by atoms with Crippen LogP contribution in [0.15, 0.2) is 35.4 Å². The quantitative estimate of drug-likeness (QED) is 0.232. The number of aliphatic hydroxyl groups is 5. The van der Waals surface area contributed by atoms with Crippen molar-refractivity contribution in [2.24, 2.45) is 0 Å². The molecule has 4 heterocycles. The van der Waals surface area contributed by atoms with Crippen LogP contribution in [0.4, 0.5) is 0 Å². The van der Waals surface area contributed by atoms with Crippen LogP contribution in [0.5, 0.6) is 5.75 Å². The number of phenols is 1. The molecule has 4 saturated heterocycles. The van der Waals surface area contributed by atoms with Crippen LogP contribution in [0.2, 0.25) is 0 Å². The largest absolute Gasteiger partial charge is 0.507 e. The number of rotatable bonds is 7. The van der Waals surface area contributed by atoms with E-state index in [2.05, 4.69) is 0 Å².